The Morgan fingerprint density at radius 3 is 2.52 bits per heavy atom. The summed E-state index contributed by atoms with van der Waals surface area (Å²) in [4.78, 5) is 11.4. The first-order chi connectivity index (χ1) is 11.0. The van der Waals surface area contributed by atoms with E-state index >= 15 is 0 Å². The maximum atomic E-state index is 11.4. The van der Waals surface area contributed by atoms with E-state index in [9.17, 15) is 4.79 Å². The predicted octanol–water partition coefficient (Wildman–Crippen LogP) is 3.92. The van der Waals surface area contributed by atoms with E-state index in [4.69, 9.17) is 23.8 Å². The third-order valence-corrected chi connectivity index (χ3v) is 3.75. The molecule has 2 aromatic carbocycles. The van der Waals surface area contributed by atoms with E-state index in [0.29, 0.717) is 22.2 Å². The van der Waals surface area contributed by atoms with Crippen LogP contribution in [0.25, 0.3) is 0 Å². The topological polar surface area (TPSA) is 50.4 Å². The van der Waals surface area contributed by atoms with Crippen LogP contribution in [0.5, 0.6) is 0 Å². The summed E-state index contributed by atoms with van der Waals surface area (Å²) in [6.45, 7) is 2.52. The number of esters is 1. The standard InChI is InChI=1S/C17H17ClN2O2S/c1-11-9-14(18)7-8-15(11)20-17(23)19-10-12-3-5-13(6-4-12)16(21)22-2/h3-9H,10H2,1-2H3,(H2,19,20,23). The maximum absolute atomic E-state index is 11.4. The number of anilines is 1. The van der Waals surface area contributed by atoms with Gasteiger partial charge in [-0.05, 0) is 60.6 Å². The molecular weight excluding hydrogens is 332 g/mol. The molecule has 2 aromatic rings. The Morgan fingerprint density at radius 1 is 1.22 bits per heavy atom. The largest absolute Gasteiger partial charge is 0.465 e. The molecule has 0 saturated carbocycles. The Labute approximate surface area is 145 Å². The minimum absolute atomic E-state index is 0.347. The molecule has 0 radical (unpaired) electrons. The molecule has 0 aliphatic rings. The molecule has 0 amide bonds. The highest BCUT2D eigenvalue weighted by atomic mass is 35.5. The van der Waals surface area contributed by atoms with Crippen molar-refractivity contribution in [3.63, 3.8) is 0 Å². The smallest absolute Gasteiger partial charge is 0.337 e. The van der Waals surface area contributed by atoms with Gasteiger partial charge in [-0.3, -0.25) is 0 Å². The van der Waals surface area contributed by atoms with Crippen molar-refractivity contribution < 1.29 is 9.53 Å². The Morgan fingerprint density at radius 2 is 1.91 bits per heavy atom. The van der Waals surface area contributed by atoms with Gasteiger partial charge in [0, 0.05) is 17.3 Å². The lowest BCUT2D eigenvalue weighted by atomic mass is 10.1. The quantitative estimate of drug-likeness (QED) is 0.648. The lowest BCUT2D eigenvalue weighted by Crippen LogP contribution is -2.28. The van der Waals surface area contributed by atoms with E-state index in [1.165, 1.54) is 7.11 Å². The summed E-state index contributed by atoms with van der Waals surface area (Å²) in [6, 6.07) is 12.7. The van der Waals surface area contributed by atoms with Gasteiger partial charge in [-0.25, -0.2) is 4.79 Å². The van der Waals surface area contributed by atoms with Gasteiger partial charge in [-0.15, -0.1) is 0 Å². The number of methoxy groups -OCH3 is 1. The van der Waals surface area contributed by atoms with Crippen LogP contribution in [0.2, 0.25) is 5.02 Å². The molecule has 0 aliphatic carbocycles. The van der Waals surface area contributed by atoms with Gasteiger partial charge in [0.15, 0.2) is 5.11 Å². The van der Waals surface area contributed by atoms with Gasteiger partial charge in [0.25, 0.3) is 0 Å². The summed E-state index contributed by atoms with van der Waals surface area (Å²) in [5.74, 6) is -0.347. The van der Waals surface area contributed by atoms with Gasteiger partial charge >= 0.3 is 5.97 Å². The zero-order valence-corrected chi connectivity index (χ0v) is 14.4. The number of benzene rings is 2. The van der Waals surface area contributed by atoms with Crippen LogP contribution < -0.4 is 10.6 Å². The second-order valence-electron chi connectivity index (χ2n) is 4.96. The Kier molecular flexibility index (Phi) is 5.96. The number of thiocarbonyl (C=S) groups is 1. The van der Waals surface area contributed by atoms with E-state index in [0.717, 1.165) is 16.8 Å². The van der Waals surface area contributed by atoms with Gasteiger partial charge in [-0.2, -0.15) is 0 Å². The molecule has 120 valence electrons. The Bertz CT molecular complexity index is 717. The van der Waals surface area contributed by atoms with Crippen LogP contribution in [0.1, 0.15) is 21.5 Å². The molecule has 0 fully saturated rings. The molecule has 0 aromatic heterocycles. The van der Waals surface area contributed by atoms with E-state index in [-0.39, 0.29) is 5.97 Å². The monoisotopic (exact) mass is 348 g/mol. The minimum Gasteiger partial charge on any atom is -0.465 e. The van der Waals surface area contributed by atoms with Crippen molar-refractivity contribution >= 4 is 40.6 Å². The summed E-state index contributed by atoms with van der Waals surface area (Å²) in [5.41, 5.74) is 3.46. The number of ether oxygens (including phenoxy) is 1. The fraction of sp³-hybridized carbons (Fsp3) is 0.176. The van der Waals surface area contributed by atoms with Crippen LogP contribution in [0, 0.1) is 6.92 Å². The highest BCUT2D eigenvalue weighted by Crippen LogP contribution is 2.19. The molecule has 4 nitrogen and oxygen atoms in total. The number of nitrogens with one attached hydrogen (secondary N) is 2. The van der Waals surface area contributed by atoms with E-state index in [1.54, 1.807) is 12.1 Å². The number of carbonyl (C=O) groups is 1. The van der Waals surface area contributed by atoms with Crippen LogP contribution >= 0.6 is 23.8 Å². The first-order valence-corrected chi connectivity index (χ1v) is 7.76. The summed E-state index contributed by atoms with van der Waals surface area (Å²) in [5, 5.41) is 7.47. The zero-order chi connectivity index (χ0) is 16.8. The third-order valence-electron chi connectivity index (χ3n) is 3.26. The van der Waals surface area contributed by atoms with Crippen molar-refractivity contribution in [2.45, 2.75) is 13.5 Å². The van der Waals surface area contributed by atoms with Crippen LogP contribution in [0.3, 0.4) is 0 Å². The van der Waals surface area contributed by atoms with Crippen molar-refractivity contribution in [2.75, 3.05) is 12.4 Å². The molecule has 0 saturated heterocycles. The number of carbonyl (C=O) groups excluding carboxylic acids is 1. The number of rotatable bonds is 4. The first-order valence-electron chi connectivity index (χ1n) is 6.98. The zero-order valence-electron chi connectivity index (χ0n) is 12.9. The molecule has 0 spiro atoms. The molecule has 2 N–H and O–H groups in total. The van der Waals surface area contributed by atoms with Crippen LogP contribution in [-0.4, -0.2) is 18.2 Å². The van der Waals surface area contributed by atoms with Crippen molar-refractivity contribution in [3.8, 4) is 0 Å². The van der Waals surface area contributed by atoms with Crippen LogP contribution in [-0.2, 0) is 11.3 Å². The van der Waals surface area contributed by atoms with Gasteiger partial charge in [0.05, 0.1) is 12.7 Å². The fourth-order valence-corrected chi connectivity index (χ4v) is 2.40. The molecule has 6 heteroatoms. The molecule has 0 bridgehead atoms. The number of aryl methyl sites for hydroxylation is 1. The van der Waals surface area contributed by atoms with Crippen LogP contribution in [0.15, 0.2) is 42.5 Å². The molecule has 23 heavy (non-hydrogen) atoms. The minimum atomic E-state index is -0.347. The highest BCUT2D eigenvalue weighted by molar-refractivity contribution is 7.80. The molecule has 2 rings (SSSR count). The van der Waals surface area contributed by atoms with Crippen molar-refractivity contribution in [3.05, 3.63) is 64.2 Å². The number of hydrogen-bond donors (Lipinski definition) is 2. The highest BCUT2D eigenvalue weighted by Gasteiger charge is 2.05. The van der Waals surface area contributed by atoms with Crippen molar-refractivity contribution in [2.24, 2.45) is 0 Å². The fourth-order valence-electron chi connectivity index (χ4n) is 1.99. The molecule has 0 unspecified atom stereocenters. The SMILES string of the molecule is COC(=O)c1ccc(CNC(=S)Nc2ccc(Cl)cc2C)cc1. The van der Waals surface area contributed by atoms with Crippen molar-refractivity contribution in [1.29, 1.82) is 0 Å². The Hall–Kier alpha value is -2.11. The van der Waals surface area contributed by atoms with Crippen molar-refractivity contribution in [1.82, 2.24) is 5.32 Å². The molecule has 0 heterocycles. The average Bonchev–Trinajstić information content (AvgIpc) is 2.55. The number of halogens is 1. The lowest BCUT2D eigenvalue weighted by Gasteiger charge is -2.13. The summed E-state index contributed by atoms with van der Waals surface area (Å²) in [6.07, 6.45) is 0. The second kappa shape index (κ2) is 7.94. The molecule has 0 aliphatic heterocycles. The Balaban J connectivity index is 1.90. The summed E-state index contributed by atoms with van der Waals surface area (Å²) in [7, 11) is 1.36. The molecule has 0 atom stereocenters. The van der Waals surface area contributed by atoms with Gasteiger partial charge in [-0.1, -0.05) is 23.7 Å². The van der Waals surface area contributed by atoms with Gasteiger partial charge in [0.1, 0.15) is 0 Å². The molecular formula is C17H17ClN2O2S. The van der Waals surface area contributed by atoms with E-state index in [1.807, 2.05) is 37.3 Å². The second-order valence-corrected chi connectivity index (χ2v) is 5.80. The average molecular weight is 349 g/mol. The van der Waals surface area contributed by atoms with E-state index < -0.39 is 0 Å². The third kappa shape index (κ3) is 4.94. The number of hydrogen-bond acceptors (Lipinski definition) is 3. The summed E-state index contributed by atoms with van der Waals surface area (Å²) < 4.78 is 4.67. The maximum Gasteiger partial charge on any atom is 0.337 e. The summed E-state index contributed by atoms with van der Waals surface area (Å²) >= 11 is 11.2. The lowest BCUT2D eigenvalue weighted by molar-refractivity contribution is 0.0600. The predicted molar refractivity (Wildman–Crippen MR) is 97.0 cm³/mol. The van der Waals surface area contributed by atoms with E-state index in [2.05, 4.69) is 15.4 Å². The van der Waals surface area contributed by atoms with Crippen LogP contribution in [0.4, 0.5) is 5.69 Å². The normalized spacial score (nSPS) is 10.0. The van der Waals surface area contributed by atoms with Gasteiger partial charge < -0.3 is 15.4 Å². The van der Waals surface area contributed by atoms with Gasteiger partial charge in [0.2, 0.25) is 0 Å². The first kappa shape index (κ1) is 17.2.